The molecule has 0 radical (unpaired) electrons. The Kier molecular flexibility index (Phi) is 2.59. The summed E-state index contributed by atoms with van der Waals surface area (Å²) in [7, 11) is 0. The van der Waals surface area contributed by atoms with E-state index in [-0.39, 0.29) is 6.04 Å². The van der Waals surface area contributed by atoms with Crippen LogP contribution in [-0.2, 0) is 11.2 Å². The van der Waals surface area contributed by atoms with E-state index in [2.05, 4.69) is 4.99 Å². The first-order valence-corrected chi connectivity index (χ1v) is 4.82. The zero-order valence-electron chi connectivity index (χ0n) is 7.61. The Labute approximate surface area is 87.5 Å². The second kappa shape index (κ2) is 3.88. The van der Waals surface area contributed by atoms with Gasteiger partial charge in [-0.15, -0.1) is 0 Å². The van der Waals surface area contributed by atoms with Crippen molar-refractivity contribution < 1.29 is 4.74 Å². The Morgan fingerprint density at radius 3 is 2.71 bits per heavy atom. The van der Waals surface area contributed by atoms with Crippen molar-refractivity contribution in [3.8, 4) is 0 Å². The number of rotatable bonds is 2. The molecule has 0 spiro atoms. The minimum absolute atomic E-state index is 0.149. The fourth-order valence-corrected chi connectivity index (χ4v) is 1.56. The van der Waals surface area contributed by atoms with Crippen LogP contribution >= 0.6 is 11.6 Å². The molecular weight excluding hydrogens is 200 g/mol. The van der Waals surface area contributed by atoms with Crippen LogP contribution in [0.15, 0.2) is 29.3 Å². The fraction of sp³-hybridized carbons (Fsp3) is 0.300. The molecule has 1 aromatic rings. The summed E-state index contributed by atoms with van der Waals surface area (Å²) in [5.41, 5.74) is 6.61. The molecule has 74 valence electrons. The van der Waals surface area contributed by atoms with Crippen LogP contribution in [0.25, 0.3) is 0 Å². The van der Waals surface area contributed by atoms with Gasteiger partial charge < -0.3 is 10.5 Å². The summed E-state index contributed by atoms with van der Waals surface area (Å²) in [5, 5.41) is 0.749. The molecule has 3 nitrogen and oxygen atoms in total. The van der Waals surface area contributed by atoms with Crippen LogP contribution in [0.4, 0.5) is 0 Å². The van der Waals surface area contributed by atoms with Gasteiger partial charge in [0.15, 0.2) is 0 Å². The van der Waals surface area contributed by atoms with Crippen LogP contribution in [0.3, 0.4) is 0 Å². The minimum Gasteiger partial charge on any atom is -0.463 e. The molecule has 2 N–H and O–H groups in total. The quantitative estimate of drug-likeness (QED) is 0.806. The van der Waals surface area contributed by atoms with Gasteiger partial charge >= 0.3 is 0 Å². The summed E-state index contributed by atoms with van der Waals surface area (Å²) >= 11 is 5.78. The highest BCUT2D eigenvalue weighted by Gasteiger charge is 2.16. The van der Waals surface area contributed by atoms with Crippen molar-refractivity contribution in [2.45, 2.75) is 12.5 Å². The zero-order valence-corrected chi connectivity index (χ0v) is 8.37. The van der Waals surface area contributed by atoms with Crippen molar-refractivity contribution in [3.05, 3.63) is 34.9 Å². The highest BCUT2D eigenvalue weighted by Crippen LogP contribution is 2.14. The maximum Gasteiger partial charge on any atom is 0.282 e. The standard InChI is InChI=1S/C10H11ClN2O/c11-8-3-1-7(2-4-8)5-9-6-14-10(12)13-9/h1-4,9H,5-6H2,(H2,12,13). The number of ether oxygens (including phenoxy) is 1. The summed E-state index contributed by atoms with van der Waals surface area (Å²) in [6, 6.07) is 8.18. The number of hydrogen-bond donors (Lipinski definition) is 1. The molecule has 2 rings (SSSR count). The normalized spacial score (nSPS) is 20.4. The number of benzene rings is 1. The van der Waals surface area contributed by atoms with Crippen LogP contribution in [0.5, 0.6) is 0 Å². The lowest BCUT2D eigenvalue weighted by Gasteiger charge is -2.04. The second-order valence-electron chi connectivity index (χ2n) is 3.26. The first kappa shape index (κ1) is 9.34. The topological polar surface area (TPSA) is 47.6 Å². The molecule has 1 aromatic carbocycles. The number of hydrogen-bond acceptors (Lipinski definition) is 3. The molecule has 0 amide bonds. The smallest absolute Gasteiger partial charge is 0.282 e. The Balaban J connectivity index is 2.01. The number of aliphatic imine (C=N–C) groups is 1. The number of nitrogens with zero attached hydrogens (tertiary/aromatic N) is 1. The van der Waals surface area contributed by atoms with Gasteiger partial charge in [0, 0.05) is 5.02 Å². The third-order valence-corrected chi connectivity index (χ3v) is 2.37. The van der Waals surface area contributed by atoms with Crippen LogP contribution in [0.1, 0.15) is 5.56 Å². The second-order valence-corrected chi connectivity index (χ2v) is 3.70. The first-order valence-electron chi connectivity index (χ1n) is 4.44. The molecule has 1 aliphatic heterocycles. The summed E-state index contributed by atoms with van der Waals surface area (Å²) < 4.78 is 5.06. The summed E-state index contributed by atoms with van der Waals surface area (Å²) in [6.45, 7) is 0.578. The molecule has 0 saturated heterocycles. The monoisotopic (exact) mass is 210 g/mol. The van der Waals surface area contributed by atoms with Crippen molar-refractivity contribution in [2.75, 3.05) is 6.61 Å². The molecule has 1 aliphatic rings. The van der Waals surface area contributed by atoms with E-state index in [1.54, 1.807) is 0 Å². The van der Waals surface area contributed by atoms with Gasteiger partial charge in [-0.05, 0) is 24.1 Å². The van der Waals surface area contributed by atoms with E-state index >= 15 is 0 Å². The van der Waals surface area contributed by atoms with E-state index in [1.807, 2.05) is 24.3 Å². The lowest BCUT2D eigenvalue weighted by atomic mass is 10.1. The molecule has 0 saturated carbocycles. The lowest BCUT2D eigenvalue weighted by molar-refractivity contribution is 0.312. The van der Waals surface area contributed by atoms with Crippen molar-refractivity contribution in [2.24, 2.45) is 10.7 Å². The van der Waals surface area contributed by atoms with Crippen LogP contribution < -0.4 is 5.73 Å². The molecule has 0 aliphatic carbocycles. The molecule has 14 heavy (non-hydrogen) atoms. The number of nitrogens with two attached hydrogens (primary N) is 1. The predicted molar refractivity (Wildman–Crippen MR) is 56.5 cm³/mol. The van der Waals surface area contributed by atoms with Gasteiger partial charge in [-0.25, -0.2) is 4.99 Å². The molecule has 1 unspecified atom stereocenters. The van der Waals surface area contributed by atoms with Crippen LogP contribution in [-0.4, -0.2) is 18.7 Å². The van der Waals surface area contributed by atoms with E-state index in [0.29, 0.717) is 12.6 Å². The Hall–Kier alpha value is -1.22. The lowest BCUT2D eigenvalue weighted by Crippen LogP contribution is -2.11. The average molecular weight is 211 g/mol. The van der Waals surface area contributed by atoms with Gasteiger partial charge in [-0.3, -0.25) is 0 Å². The summed E-state index contributed by atoms with van der Waals surface area (Å²) in [6.07, 6.45) is 0.845. The first-order chi connectivity index (χ1) is 6.74. The summed E-state index contributed by atoms with van der Waals surface area (Å²) in [5.74, 6) is 0. The molecule has 0 aromatic heterocycles. The highest BCUT2D eigenvalue weighted by molar-refractivity contribution is 6.30. The van der Waals surface area contributed by atoms with E-state index in [0.717, 1.165) is 11.4 Å². The maximum atomic E-state index is 5.78. The van der Waals surface area contributed by atoms with Gasteiger partial charge in [-0.2, -0.15) is 0 Å². The molecular formula is C10H11ClN2O. The van der Waals surface area contributed by atoms with Crippen molar-refractivity contribution in [1.29, 1.82) is 0 Å². The largest absolute Gasteiger partial charge is 0.463 e. The third kappa shape index (κ3) is 2.17. The molecule has 0 fully saturated rings. The maximum absolute atomic E-state index is 5.78. The number of halogens is 1. The Morgan fingerprint density at radius 2 is 2.14 bits per heavy atom. The van der Waals surface area contributed by atoms with E-state index in [1.165, 1.54) is 5.56 Å². The summed E-state index contributed by atoms with van der Waals surface area (Å²) in [4.78, 5) is 4.15. The number of amidine groups is 1. The van der Waals surface area contributed by atoms with Crippen LogP contribution in [0, 0.1) is 0 Å². The van der Waals surface area contributed by atoms with Crippen molar-refractivity contribution in [3.63, 3.8) is 0 Å². The molecule has 1 heterocycles. The minimum atomic E-state index is 0.149. The van der Waals surface area contributed by atoms with E-state index < -0.39 is 0 Å². The molecule has 4 heteroatoms. The van der Waals surface area contributed by atoms with Crippen LogP contribution in [0.2, 0.25) is 5.02 Å². The van der Waals surface area contributed by atoms with E-state index in [9.17, 15) is 0 Å². The van der Waals surface area contributed by atoms with Gasteiger partial charge in [0.1, 0.15) is 6.61 Å². The molecule has 1 atom stereocenters. The van der Waals surface area contributed by atoms with Gasteiger partial charge in [0.2, 0.25) is 0 Å². The van der Waals surface area contributed by atoms with Gasteiger partial charge in [0.25, 0.3) is 6.02 Å². The highest BCUT2D eigenvalue weighted by atomic mass is 35.5. The van der Waals surface area contributed by atoms with Gasteiger partial charge in [0.05, 0.1) is 6.04 Å². The SMILES string of the molecule is NC1=NC(Cc2ccc(Cl)cc2)CO1. The Bertz CT molecular complexity index is 348. The predicted octanol–water partition coefficient (Wildman–Crippen LogP) is 1.60. The third-order valence-electron chi connectivity index (χ3n) is 2.12. The van der Waals surface area contributed by atoms with Crippen molar-refractivity contribution >= 4 is 17.6 Å². The average Bonchev–Trinajstić information content (AvgIpc) is 2.56. The van der Waals surface area contributed by atoms with Crippen molar-refractivity contribution in [1.82, 2.24) is 0 Å². The van der Waals surface area contributed by atoms with E-state index in [4.69, 9.17) is 22.1 Å². The van der Waals surface area contributed by atoms with Gasteiger partial charge in [-0.1, -0.05) is 23.7 Å². The Morgan fingerprint density at radius 1 is 1.43 bits per heavy atom. The molecule has 0 bridgehead atoms. The zero-order chi connectivity index (χ0) is 9.97. The fourth-order valence-electron chi connectivity index (χ4n) is 1.43.